The number of hydrogen-bond acceptors (Lipinski definition) is 3. The molecule has 0 spiro atoms. The molecule has 6 nitrogen and oxygen atoms in total. The van der Waals surface area contributed by atoms with Crippen LogP contribution in [0.1, 0.15) is 63.0 Å². The number of nitrogens with zero attached hydrogens (tertiary/aromatic N) is 1. The Morgan fingerprint density at radius 2 is 1.66 bits per heavy atom. The minimum atomic E-state index is -5.69. The van der Waals surface area contributed by atoms with Crippen LogP contribution in [0, 0.1) is 0 Å². The van der Waals surface area contributed by atoms with Crippen molar-refractivity contribution in [2.45, 2.75) is 63.1 Å². The summed E-state index contributed by atoms with van der Waals surface area (Å²) in [5, 5.41) is 0. The summed E-state index contributed by atoms with van der Waals surface area (Å²) in [4.78, 5) is 33.1. The van der Waals surface area contributed by atoms with Crippen molar-refractivity contribution in [2.75, 3.05) is 18.6 Å². The van der Waals surface area contributed by atoms with E-state index in [1.54, 1.807) is 6.08 Å². The van der Waals surface area contributed by atoms with Crippen LogP contribution in [0.5, 0.6) is 0 Å². The Kier molecular flexibility index (Phi) is 10.2. The Hall–Kier alpha value is -2.64. The number of anilines is 1. The first kappa shape index (κ1) is 29.9. The van der Waals surface area contributed by atoms with Crippen LogP contribution in [-0.2, 0) is 19.8 Å². The Morgan fingerprint density at radius 1 is 1.03 bits per heavy atom. The molecule has 1 aliphatic rings. The van der Waals surface area contributed by atoms with Crippen molar-refractivity contribution in [3.8, 4) is 0 Å². The number of unbranched alkanes of at least 4 members (excludes halogenated alkanes) is 5. The largest absolute Gasteiger partial charge is 0.399 e. The number of alkyl halides is 2. The number of rotatable bonds is 13. The molecular weight excluding hydrogens is 511 g/mol. The minimum Gasteiger partial charge on any atom is -0.361 e. The molecule has 0 saturated heterocycles. The maximum atomic E-state index is 14.1. The van der Waals surface area contributed by atoms with Crippen LogP contribution in [-0.4, -0.2) is 34.9 Å². The molecule has 1 amide bonds. The molecule has 0 heterocycles. The zero-order valence-electron chi connectivity index (χ0n) is 21.9. The molecule has 2 aromatic carbocycles. The highest BCUT2D eigenvalue weighted by molar-refractivity contribution is 7.52. The summed E-state index contributed by atoms with van der Waals surface area (Å²) in [6, 6.07) is 14.1. The first-order valence-corrected chi connectivity index (χ1v) is 14.5. The third-order valence-electron chi connectivity index (χ3n) is 6.76. The van der Waals surface area contributed by atoms with Gasteiger partial charge in [0.05, 0.1) is 0 Å². The van der Waals surface area contributed by atoms with E-state index in [0.717, 1.165) is 42.5 Å². The molecule has 2 N–H and O–H groups in total. The first-order valence-electron chi connectivity index (χ1n) is 12.9. The third-order valence-corrected chi connectivity index (χ3v) is 7.75. The predicted molar refractivity (Wildman–Crippen MR) is 146 cm³/mol. The van der Waals surface area contributed by atoms with Gasteiger partial charge in [-0.15, -0.1) is 0 Å². The summed E-state index contributed by atoms with van der Waals surface area (Å²) >= 11 is 0. The second-order valence-corrected chi connectivity index (χ2v) is 11.2. The van der Waals surface area contributed by atoms with E-state index in [-0.39, 0.29) is 5.91 Å². The topological polar surface area (TPSA) is 87.1 Å². The highest BCUT2D eigenvalue weighted by atomic mass is 31.2. The Morgan fingerprint density at radius 3 is 2.24 bits per heavy atom. The lowest BCUT2D eigenvalue weighted by molar-refractivity contribution is -0.137. The average Bonchev–Trinajstić information content (AvgIpc) is 2.92. The SMILES string of the molecule is CCCCCCCCOC1(C(=O)N(C)c2ccc(C(F)(F)P(=O)(O)O)cc2)C=CC(c2ccccc2)=CC1. The lowest BCUT2D eigenvalue weighted by Crippen LogP contribution is -2.49. The molecule has 206 valence electrons. The fourth-order valence-electron chi connectivity index (χ4n) is 4.39. The van der Waals surface area contributed by atoms with Gasteiger partial charge in [-0.3, -0.25) is 9.36 Å². The number of likely N-dealkylation sites (N-methyl/N-ethyl adjacent to an activating group) is 1. The van der Waals surface area contributed by atoms with Crippen molar-refractivity contribution in [1.29, 1.82) is 0 Å². The minimum absolute atomic E-state index is 0.300. The van der Waals surface area contributed by atoms with Crippen LogP contribution in [0.4, 0.5) is 14.5 Å². The number of allylic oxidation sites excluding steroid dienone is 2. The molecule has 0 aromatic heterocycles. The van der Waals surface area contributed by atoms with Crippen molar-refractivity contribution >= 4 is 24.8 Å². The number of amides is 1. The molecule has 1 unspecified atom stereocenters. The standard InChI is InChI=1S/C29H36F2NO5P/c1-3-4-5-6-7-11-22-37-28(20-18-24(19-21-28)23-12-9-8-10-13-23)27(33)32(2)26-16-14-25(15-17-26)29(30,31)38(34,35)36/h8-10,12-20H,3-7,11,21-22H2,1-2H3,(H2,34,35,36). The summed E-state index contributed by atoms with van der Waals surface area (Å²) in [5.74, 6) is -0.363. The van der Waals surface area contributed by atoms with Gasteiger partial charge in [0.1, 0.15) is 0 Å². The molecule has 2 aromatic rings. The zero-order chi connectivity index (χ0) is 27.8. The highest BCUT2D eigenvalue weighted by Gasteiger charge is 2.50. The number of ether oxygens (including phenoxy) is 1. The molecule has 0 fully saturated rings. The zero-order valence-corrected chi connectivity index (χ0v) is 22.7. The number of hydrogen-bond donors (Lipinski definition) is 2. The molecular formula is C29H36F2NO5P. The lowest BCUT2D eigenvalue weighted by atomic mass is 9.88. The van der Waals surface area contributed by atoms with Gasteiger partial charge in [-0.05, 0) is 35.8 Å². The fraction of sp³-hybridized carbons (Fsp3) is 0.414. The fourth-order valence-corrected chi connectivity index (χ4v) is 4.87. The molecule has 9 heteroatoms. The summed E-state index contributed by atoms with van der Waals surface area (Å²) in [7, 11) is -4.16. The van der Waals surface area contributed by atoms with Crippen LogP contribution in [0.2, 0.25) is 0 Å². The number of benzene rings is 2. The quantitative estimate of drug-likeness (QED) is 0.208. The van der Waals surface area contributed by atoms with E-state index >= 15 is 0 Å². The van der Waals surface area contributed by atoms with Crippen molar-refractivity contribution < 1.29 is 32.7 Å². The van der Waals surface area contributed by atoms with Gasteiger partial charge in [0.2, 0.25) is 0 Å². The number of carbonyl (C=O) groups excluding carboxylic acids is 1. The van der Waals surface area contributed by atoms with Gasteiger partial charge in [0, 0.05) is 31.3 Å². The molecule has 1 atom stereocenters. The van der Waals surface area contributed by atoms with Gasteiger partial charge in [-0.2, -0.15) is 8.78 Å². The van der Waals surface area contributed by atoms with E-state index in [4.69, 9.17) is 14.5 Å². The van der Waals surface area contributed by atoms with Gasteiger partial charge in [0.15, 0.2) is 5.60 Å². The van der Waals surface area contributed by atoms with Crippen molar-refractivity contribution in [3.63, 3.8) is 0 Å². The highest BCUT2D eigenvalue weighted by Crippen LogP contribution is 2.59. The second kappa shape index (κ2) is 12.9. The lowest BCUT2D eigenvalue weighted by Gasteiger charge is -2.35. The smallest absolute Gasteiger partial charge is 0.361 e. The monoisotopic (exact) mass is 547 g/mol. The summed E-state index contributed by atoms with van der Waals surface area (Å²) in [6.45, 7) is 2.57. The first-order chi connectivity index (χ1) is 18.0. The molecule has 0 saturated carbocycles. The third kappa shape index (κ3) is 7.06. The van der Waals surface area contributed by atoms with E-state index in [1.165, 1.54) is 43.3 Å². The van der Waals surface area contributed by atoms with E-state index < -0.39 is 24.4 Å². The van der Waals surface area contributed by atoms with Crippen LogP contribution in [0.25, 0.3) is 5.57 Å². The van der Waals surface area contributed by atoms with Gasteiger partial charge in [-0.25, -0.2) is 0 Å². The summed E-state index contributed by atoms with van der Waals surface area (Å²) < 4.78 is 45.6. The molecule has 1 aliphatic carbocycles. The Balaban J connectivity index is 1.78. The molecule has 0 bridgehead atoms. The van der Waals surface area contributed by atoms with E-state index in [0.29, 0.717) is 18.7 Å². The van der Waals surface area contributed by atoms with Gasteiger partial charge < -0.3 is 19.4 Å². The summed E-state index contributed by atoms with van der Waals surface area (Å²) in [5.41, 5.74) is -4.10. The number of carbonyl (C=O) groups is 1. The maximum Gasteiger partial charge on any atom is 0.399 e. The number of halogens is 2. The second-order valence-electron chi connectivity index (χ2n) is 9.56. The summed E-state index contributed by atoms with van der Waals surface area (Å²) in [6.07, 6.45) is 12.4. The van der Waals surface area contributed by atoms with E-state index in [1.807, 2.05) is 42.5 Å². The molecule has 0 radical (unpaired) electrons. The van der Waals surface area contributed by atoms with Gasteiger partial charge in [-0.1, -0.05) is 93.6 Å². The Bertz CT molecular complexity index is 1180. The average molecular weight is 548 g/mol. The maximum absolute atomic E-state index is 14.1. The van der Waals surface area contributed by atoms with Crippen LogP contribution >= 0.6 is 7.60 Å². The van der Waals surface area contributed by atoms with Gasteiger partial charge in [0.25, 0.3) is 5.91 Å². The predicted octanol–water partition coefficient (Wildman–Crippen LogP) is 7.04. The van der Waals surface area contributed by atoms with E-state index in [2.05, 4.69) is 6.92 Å². The van der Waals surface area contributed by atoms with Crippen LogP contribution < -0.4 is 4.90 Å². The van der Waals surface area contributed by atoms with Gasteiger partial charge >= 0.3 is 13.3 Å². The van der Waals surface area contributed by atoms with Crippen LogP contribution in [0.3, 0.4) is 0 Å². The molecule has 0 aliphatic heterocycles. The van der Waals surface area contributed by atoms with E-state index in [9.17, 15) is 18.1 Å². The Labute approximate surface area is 223 Å². The van der Waals surface area contributed by atoms with Crippen molar-refractivity contribution in [1.82, 2.24) is 0 Å². The van der Waals surface area contributed by atoms with Crippen molar-refractivity contribution in [3.05, 3.63) is 84.0 Å². The molecule has 38 heavy (non-hydrogen) atoms. The van der Waals surface area contributed by atoms with Crippen LogP contribution in [0.15, 0.2) is 72.8 Å². The molecule has 3 rings (SSSR count). The van der Waals surface area contributed by atoms with Crippen molar-refractivity contribution in [2.24, 2.45) is 0 Å². The normalized spacial score (nSPS) is 17.8.